The zero-order valence-electron chi connectivity index (χ0n) is 15.5. The Kier molecular flexibility index (Phi) is 6.34. The smallest absolute Gasteiger partial charge is 0.319 e. The van der Waals surface area contributed by atoms with E-state index in [1.807, 2.05) is 18.2 Å². The van der Waals surface area contributed by atoms with Crippen LogP contribution in [0.3, 0.4) is 0 Å². The van der Waals surface area contributed by atoms with Crippen molar-refractivity contribution < 1.29 is 18.3 Å². The summed E-state index contributed by atoms with van der Waals surface area (Å²) in [6.45, 7) is 5.53. The summed E-state index contributed by atoms with van der Waals surface area (Å²) in [6, 6.07) is 7.63. The average Bonchev–Trinajstić information content (AvgIpc) is 3.03. The first-order chi connectivity index (χ1) is 12.2. The molecule has 0 spiro atoms. The summed E-state index contributed by atoms with van der Waals surface area (Å²) in [5.41, 5.74) is 1.10. The van der Waals surface area contributed by atoms with E-state index in [0.717, 1.165) is 10.1 Å². The summed E-state index contributed by atoms with van der Waals surface area (Å²) in [6.07, 6.45) is 2.06. The summed E-state index contributed by atoms with van der Waals surface area (Å²) >= 11 is 0. The molecule has 0 aliphatic heterocycles. The van der Waals surface area contributed by atoms with Gasteiger partial charge in [-0.2, -0.15) is 8.78 Å². The zero-order valence-corrected chi connectivity index (χ0v) is 15.5. The van der Waals surface area contributed by atoms with Crippen molar-refractivity contribution in [1.29, 1.82) is 0 Å². The number of ether oxygens (including phenoxy) is 1. The second kappa shape index (κ2) is 8.29. The van der Waals surface area contributed by atoms with Crippen molar-refractivity contribution in [3.05, 3.63) is 48.0 Å². The number of halogens is 2. The fraction of sp³-hybridized carbons (Fsp3) is 0.474. The maximum Gasteiger partial charge on any atom is 0.319 e. The van der Waals surface area contributed by atoms with Crippen LogP contribution in [0.15, 0.2) is 36.7 Å². The first kappa shape index (κ1) is 19.9. The second-order valence-corrected chi connectivity index (χ2v) is 7.11. The van der Waals surface area contributed by atoms with Crippen LogP contribution in [0.4, 0.5) is 8.78 Å². The Morgan fingerprint density at radius 2 is 2.08 bits per heavy atom. The molecule has 5 nitrogen and oxygen atoms in total. The number of carbonyl (C=O) groups excluding carboxylic acids is 1. The lowest BCUT2D eigenvalue weighted by atomic mass is 9.87. The zero-order chi connectivity index (χ0) is 19.3. The first-order valence-corrected chi connectivity index (χ1v) is 8.53. The van der Waals surface area contributed by atoms with Crippen LogP contribution in [0.25, 0.3) is 0 Å². The van der Waals surface area contributed by atoms with Gasteiger partial charge in [0.25, 0.3) is 5.91 Å². The van der Waals surface area contributed by atoms with Crippen molar-refractivity contribution in [2.45, 2.75) is 52.2 Å². The Balaban J connectivity index is 1.87. The predicted molar refractivity (Wildman–Crippen MR) is 95.4 cm³/mol. The molecule has 1 amide bonds. The fourth-order valence-corrected chi connectivity index (χ4v) is 2.45. The molecule has 0 saturated carbocycles. The van der Waals surface area contributed by atoms with Gasteiger partial charge in [0.2, 0.25) is 0 Å². The number of hydrogen-bond donors (Lipinski definition) is 1. The van der Waals surface area contributed by atoms with Crippen LogP contribution in [0, 0.1) is 0 Å². The van der Waals surface area contributed by atoms with Crippen LogP contribution in [0.1, 0.15) is 45.6 Å². The molecule has 1 N–H and O–H groups in total. The van der Waals surface area contributed by atoms with Crippen molar-refractivity contribution in [2.75, 3.05) is 6.54 Å². The van der Waals surface area contributed by atoms with E-state index in [9.17, 15) is 13.6 Å². The van der Waals surface area contributed by atoms with Crippen molar-refractivity contribution in [1.82, 2.24) is 14.9 Å². The average molecular weight is 365 g/mol. The molecule has 0 aliphatic rings. The molecule has 1 aromatic carbocycles. The third-order valence-electron chi connectivity index (χ3n) is 3.99. The van der Waals surface area contributed by atoms with Gasteiger partial charge in [-0.25, -0.2) is 4.98 Å². The molecule has 2 rings (SSSR count). The van der Waals surface area contributed by atoms with E-state index in [2.05, 4.69) is 31.1 Å². The molecule has 1 aromatic heterocycles. The number of alkyl halides is 2. The van der Waals surface area contributed by atoms with Crippen LogP contribution in [0.5, 0.6) is 5.75 Å². The Morgan fingerprint density at radius 1 is 1.35 bits per heavy atom. The van der Waals surface area contributed by atoms with Crippen LogP contribution in [-0.2, 0) is 16.6 Å². The van der Waals surface area contributed by atoms with Crippen LogP contribution in [0.2, 0.25) is 0 Å². The number of carbonyl (C=O) groups is 1. The number of benzene rings is 1. The first-order valence-electron chi connectivity index (χ1n) is 8.53. The molecular weight excluding hydrogens is 340 g/mol. The molecule has 0 aliphatic carbocycles. The van der Waals surface area contributed by atoms with Crippen LogP contribution >= 0.6 is 0 Å². The molecule has 0 fully saturated rings. The van der Waals surface area contributed by atoms with Gasteiger partial charge in [0.15, 0.2) is 6.10 Å². The molecule has 1 atom stereocenters. The Morgan fingerprint density at radius 3 is 2.73 bits per heavy atom. The van der Waals surface area contributed by atoms with Gasteiger partial charge in [0.1, 0.15) is 11.6 Å². The summed E-state index contributed by atoms with van der Waals surface area (Å²) in [5, 5.41) is 2.69. The van der Waals surface area contributed by atoms with Gasteiger partial charge in [0, 0.05) is 25.4 Å². The van der Waals surface area contributed by atoms with Gasteiger partial charge in [-0.1, -0.05) is 32.9 Å². The number of hydrogen-bond acceptors (Lipinski definition) is 3. The fourth-order valence-electron chi connectivity index (χ4n) is 2.45. The highest BCUT2D eigenvalue weighted by Gasteiger charge is 2.18. The molecule has 1 heterocycles. The Labute approximate surface area is 152 Å². The minimum atomic E-state index is -2.64. The minimum absolute atomic E-state index is 0.0164. The highest BCUT2D eigenvalue weighted by molar-refractivity contribution is 5.80. The summed E-state index contributed by atoms with van der Waals surface area (Å²) in [7, 11) is 0. The Bertz CT molecular complexity index is 738. The van der Waals surface area contributed by atoms with Gasteiger partial charge in [-0.3, -0.25) is 9.36 Å². The number of nitrogens with one attached hydrogen (secondary N) is 1. The standard InChI is InChI=1S/C19H25F2N3O2/c1-13(26-15-7-5-6-14(12-15)19(2,3)4)17(25)23-9-8-16-22-10-11-24(16)18(20)21/h5-7,10-13,18H,8-9H2,1-4H3,(H,23,25)/t13-/m0/s1. The van der Waals surface area contributed by atoms with E-state index >= 15 is 0 Å². The predicted octanol–water partition coefficient (Wildman–Crippen LogP) is 3.70. The van der Waals surface area contributed by atoms with Gasteiger partial charge in [-0.05, 0) is 30.0 Å². The normalized spacial score (nSPS) is 12.9. The SMILES string of the molecule is C[C@H](Oc1cccc(C(C)(C)C)c1)C(=O)NCCc1nccn1C(F)F. The molecule has 142 valence electrons. The monoisotopic (exact) mass is 365 g/mol. The van der Waals surface area contributed by atoms with Crippen LogP contribution in [-0.4, -0.2) is 28.1 Å². The van der Waals surface area contributed by atoms with E-state index < -0.39 is 12.7 Å². The molecular formula is C19H25F2N3O2. The summed E-state index contributed by atoms with van der Waals surface area (Å²) in [5.74, 6) is 0.543. The number of amides is 1. The topological polar surface area (TPSA) is 56.1 Å². The minimum Gasteiger partial charge on any atom is -0.481 e. The van der Waals surface area contributed by atoms with E-state index in [-0.39, 0.29) is 30.1 Å². The molecule has 0 unspecified atom stereocenters. The van der Waals surface area contributed by atoms with Crippen molar-refractivity contribution in [3.63, 3.8) is 0 Å². The van der Waals surface area contributed by atoms with Crippen molar-refractivity contribution in [3.8, 4) is 5.75 Å². The summed E-state index contributed by atoms with van der Waals surface area (Å²) < 4.78 is 32.0. The maximum atomic E-state index is 12.7. The van der Waals surface area contributed by atoms with Crippen LogP contribution < -0.4 is 10.1 Å². The highest BCUT2D eigenvalue weighted by Crippen LogP contribution is 2.26. The third-order valence-corrected chi connectivity index (χ3v) is 3.99. The molecule has 7 heteroatoms. The van der Waals surface area contributed by atoms with E-state index in [0.29, 0.717) is 5.75 Å². The Hall–Kier alpha value is -2.44. The molecule has 0 saturated heterocycles. The second-order valence-electron chi connectivity index (χ2n) is 7.11. The quantitative estimate of drug-likeness (QED) is 0.814. The molecule has 26 heavy (non-hydrogen) atoms. The highest BCUT2D eigenvalue weighted by atomic mass is 19.3. The van der Waals surface area contributed by atoms with E-state index in [1.165, 1.54) is 12.4 Å². The van der Waals surface area contributed by atoms with Gasteiger partial charge >= 0.3 is 6.55 Å². The number of nitrogens with zero attached hydrogens (tertiary/aromatic N) is 2. The molecule has 2 aromatic rings. The van der Waals surface area contributed by atoms with Gasteiger partial charge < -0.3 is 10.1 Å². The lowest BCUT2D eigenvalue weighted by molar-refractivity contribution is -0.127. The molecule has 0 radical (unpaired) electrons. The van der Waals surface area contributed by atoms with Crippen molar-refractivity contribution >= 4 is 5.91 Å². The van der Waals surface area contributed by atoms with E-state index in [1.54, 1.807) is 13.0 Å². The third kappa shape index (κ3) is 5.28. The largest absolute Gasteiger partial charge is 0.481 e. The number of rotatable bonds is 7. The number of imidazole rings is 1. The maximum absolute atomic E-state index is 12.7. The lowest BCUT2D eigenvalue weighted by Crippen LogP contribution is -2.37. The lowest BCUT2D eigenvalue weighted by Gasteiger charge is -2.21. The summed E-state index contributed by atoms with van der Waals surface area (Å²) in [4.78, 5) is 16.0. The molecule has 0 bridgehead atoms. The van der Waals surface area contributed by atoms with E-state index in [4.69, 9.17) is 4.74 Å². The van der Waals surface area contributed by atoms with Gasteiger partial charge in [-0.15, -0.1) is 0 Å². The van der Waals surface area contributed by atoms with Crippen molar-refractivity contribution in [2.24, 2.45) is 0 Å². The van der Waals surface area contributed by atoms with Gasteiger partial charge in [0.05, 0.1) is 0 Å². The number of aromatic nitrogens is 2.